The van der Waals surface area contributed by atoms with Crippen LogP contribution in [0.2, 0.25) is 0 Å². The van der Waals surface area contributed by atoms with Crippen LogP contribution in [-0.2, 0) is 17.9 Å². The Hall–Kier alpha value is -2.40. The molecule has 0 unspecified atom stereocenters. The molecule has 0 aliphatic rings. The minimum atomic E-state index is -0.775. The van der Waals surface area contributed by atoms with Crippen LogP contribution in [0.5, 0.6) is 5.75 Å². The van der Waals surface area contributed by atoms with Crippen LogP contribution in [0.15, 0.2) is 48.7 Å². The monoisotopic (exact) mass is 328 g/mol. The fraction of sp³-hybridized carbons (Fsp3) is 0.368. The van der Waals surface area contributed by atoms with E-state index in [1.54, 1.807) is 20.0 Å². The molecule has 24 heavy (non-hydrogen) atoms. The maximum Gasteiger partial charge on any atom is 0.309 e. The zero-order valence-electron chi connectivity index (χ0n) is 14.2. The van der Waals surface area contributed by atoms with Gasteiger partial charge >= 0.3 is 5.97 Å². The lowest BCUT2D eigenvalue weighted by atomic mass is 9.90. The normalized spacial score (nSPS) is 11.2. The molecule has 2 aromatic rings. The van der Waals surface area contributed by atoms with Crippen molar-refractivity contribution in [2.75, 3.05) is 6.54 Å². The SMILES string of the molecule is CC(C)(CCNCc1ccccc1OCc1ccccn1)C(=O)O. The van der Waals surface area contributed by atoms with Gasteiger partial charge in [-0.25, -0.2) is 0 Å². The second-order valence-corrected chi connectivity index (χ2v) is 6.33. The molecule has 0 aliphatic carbocycles. The molecule has 0 amide bonds. The predicted octanol–water partition coefficient (Wildman–Crippen LogP) is 3.25. The van der Waals surface area contributed by atoms with Gasteiger partial charge in [0.05, 0.1) is 11.1 Å². The highest BCUT2D eigenvalue weighted by Gasteiger charge is 2.26. The highest BCUT2D eigenvalue weighted by atomic mass is 16.5. The molecule has 5 heteroatoms. The standard InChI is InChI=1S/C19H24N2O3/c1-19(2,18(22)23)10-12-20-13-15-7-3-4-9-17(15)24-14-16-8-5-6-11-21-16/h3-9,11,20H,10,12-14H2,1-2H3,(H,22,23). The highest BCUT2D eigenvalue weighted by molar-refractivity contribution is 5.73. The maximum atomic E-state index is 11.1. The van der Waals surface area contributed by atoms with Crippen molar-refractivity contribution in [2.24, 2.45) is 5.41 Å². The molecule has 0 atom stereocenters. The van der Waals surface area contributed by atoms with E-state index in [1.165, 1.54) is 0 Å². The van der Waals surface area contributed by atoms with Gasteiger partial charge in [0.25, 0.3) is 0 Å². The number of aliphatic carboxylic acids is 1. The first-order valence-electron chi connectivity index (χ1n) is 8.04. The van der Waals surface area contributed by atoms with E-state index in [0.717, 1.165) is 17.0 Å². The topological polar surface area (TPSA) is 71.5 Å². The third-order valence-electron chi connectivity index (χ3n) is 3.90. The number of rotatable bonds is 9. The molecule has 1 aromatic heterocycles. The number of pyridine rings is 1. The summed E-state index contributed by atoms with van der Waals surface area (Å²) in [5, 5.41) is 12.4. The van der Waals surface area contributed by atoms with E-state index in [4.69, 9.17) is 9.84 Å². The Balaban J connectivity index is 1.86. The largest absolute Gasteiger partial charge is 0.487 e. The summed E-state index contributed by atoms with van der Waals surface area (Å²) < 4.78 is 5.86. The van der Waals surface area contributed by atoms with E-state index in [0.29, 0.717) is 26.1 Å². The Kier molecular flexibility index (Phi) is 6.32. The fourth-order valence-electron chi connectivity index (χ4n) is 2.16. The summed E-state index contributed by atoms with van der Waals surface area (Å²) in [5.41, 5.74) is 1.20. The van der Waals surface area contributed by atoms with Crippen molar-refractivity contribution in [3.05, 3.63) is 59.9 Å². The van der Waals surface area contributed by atoms with E-state index in [-0.39, 0.29) is 0 Å². The zero-order valence-corrected chi connectivity index (χ0v) is 14.2. The lowest BCUT2D eigenvalue weighted by molar-refractivity contribution is -0.147. The Labute approximate surface area is 142 Å². The first-order chi connectivity index (χ1) is 11.5. The summed E-state index contributed by atoms with van der Waals surface area (Å²) in [7, 11) is 0. The van der Waals surface area contributed by atoms with Gasteiger partial charge in [0.2, 0.25) is 0 Å². The Bertz CT molecular complexity index is 657. The van der Waals surface area contributed by atoms with E-state index in [1.807, 2.05) is 42.5 Å². The fourth-order valence-corrected chi connectivity index (χ4v) is 2.16. The van der Waals surface area contributed by atoms with Gasteiger partial charge in [-0.05, 0) is 45.0 Å². The van der Waals surface area contributed by atoms with Gasteiger partial charge < -0.3 is 15.2 Å². The molecule has 0 saturated heterocycles. The van der Waals surface area contributed by atoms with Crippen LogP contribution in [0.3, 0.4) is 0 Å². The first kappa shape index (κ1) is 17.9. The van der Waals surface area contributed by atoms with Crippen LogP contribution in [0.25, 0.3) is 0 Å². The molecule has 128 valence electrons. The average molecular weight is 328 g/mol. The third kappa shape index (κ3) is 5.35. The summed E-state index contributed by atoms with van der Waals surface area (Å²) in [6.07, 6.45) is 2.32. The number of carboxylic acid groups (broad SMARTS) is 1. The van der Waals surface area contributed by atoms with Gasteiger partial charge in [-0.1, -0.05) is 24.3 Å². The molecule has 5 nitrogen and oxygen atoms in total. The minimum absolute atomic E-state index is 0.421. The van der Waals surface area contributed by atoms with Gasteiger partial charge in [0, 0.05) is 18.3 Å². The van der Waals surface area contributed by atoms with Crippen LogP contribution in [0, 0.1) is 5.41 Å². The molecule has 2 N–H and O–H groups in total. The first-order valence-corrected chi connectivity index (χ1v) is 8.04. The molecule has 1 heterocycles. The number of nitrogens with one attached hydrogen (secondary N) is 1. The summed E-state index contributed by atoms with van der Waals surface area (Å²) in [5.74, 6) is 0.0385. The van der Waals surface area contributed by atoms with Crippen molar-refractivity contribution in [1.82, 2.24) is 10.3 Å². The van der Waals surface area contributed by atoms with E-state index in [9.17, 15) is 4.79 Å². The number of ether oxygens (including phenoxy) is 1. The molecular formula is C19H24N2O3. The van der Waals surface area contributed by atoms with E-state index < -0.39 is 11.4 Å². The van der Waals surface area contributed by atoms with Crippen LogP contribution in [0.4, 0.5) is 0 Å². The third-order valence-corrected chi connectivity index (χ3v) is 3.90. The molecule has 0 bridgehead atoms. The van der Waals surface area contributed by atoms with Crippen molar-refractivity contribution in [3.63, 3.8) is 0 Å². The number of carbonyl (C=O) groups is 1. The Morgan fingerprint density at radius 3 is 2.67 bits per heavy atom. The van der Waals surface area contributed by atoms with E-state index in [2.05, 4.69) is 10.3 Å². The van der Waals surface area contributed by atoms with Gasteiger partial charge in [0.1, 0.15) is 12.4 Å². The number of hydrogen-bond donors (Lipinski definition) is 2. The number of hydrogen-bond acceptors (Lipinski definition) is 4. The lowest BCUT2D eigenvalue weighted by Gasteiger charge is -2.19. The molecular weight excluding hydrogens is 304 g/mol. The molecule has 0 spiro atoms. The lowest BCUT2D eigenvalue weighted by Crippen LogP contribution is -2.28. The van der Waals surface area contributed by atoms with Gasteiger partial charge in [-0.3, -0.25) is 9.78 Å². The van der Waals surface area contributed by atoms with E-state index >= 15 is 0 Å². The molecule has 0 radical (unpaired) electrons. The molecule has 0 fully saturated rings. The van der Waals surface area contributed by atoms with Gasteiger partial charge in [0.15, 0.2) is 0 Å². The van der Waals surface area contributed by atoms with Crippen LogP contribution < -0.4 is 10.1 Å². The van der Waals surface area contributed by atoms with Crippen molar-refractivity contribution in [2.45, 2.75) is 33.4 Å². The molecule has 0 aliphatic heterocycles. The number of para-hydroxylation sites is 1. The average Bonchev–Trinajstić information content (AvgIpc) is 2.58. The molecule has 1 aromatic carbocycles. The Morgan fingerprint density at radius 1 is 1.21 bits per heavy atom. The maximum absolute atomic E-state index is 11.1. The summed E-state index contributed by atoms with van der Waals surface area (Å²) >= 11 is 0. The van der Waals surface area contributed by atoms with Crippen molar-refractivity contribution >= 4 is 5.97 Å². The predicted molar refractivity (Wildman–Crippen MR) is 92.8 cm³/mol. The van der Waals surface area contributed by atoms with Crippen LogP contribution in [-0.4, -0.2) is 22.6 Å². The smallest absolute Gasteiger partial charge is 0.309 e. The zero-order chi connectivity index (χ0) is 17.4. The highest BCUT2D eigenvalue weighted by Crippen LogP contribution is 2.21. The summed E-state index contributed by atoms with van der Waals surface area (Å²) in [6.45, 7) is 5.16. The molecule has 0 saturated carbocycles. The second-order valence-electron chi connectivity index (χ2n) is 6.33. The van der Waals surface area contributed by atoms with Crippen molar-refractivity contribution < 1.29 is 14.6 Å². The quantitative estimate of drug-likeness (QED) is 0.691. The minimum Gasteiger partial charge on any atom is -0.487 e. The summed E-state index contributed by atoms with van der Waals surface area (Å²) in [6, 6.07) is 13.6. The van der Waals surface area contributed by atoms with Crippen molar-refractivity contribution in [1.29, 1.82) is 0 Å². The number of benzene rings is 1. The van der Waals surface area contributed by atoms with Crippen LogP contribution in [0.1, 0.15) is 31.5 Å². The number of carboxylic acids is 1. The van der Waals surface area contributed by atoms with Crippen LogP contribution >= 0.6 is 0 Å². The number of nitrogens with zero attached hydrogens (tertiary/aromatic N) is 1. The van der Waals surface area contributed by atoms with Crippen molar-refractivity contribution in [3.8, 4) is 5.75 Å². The molecule has 2 rings (SSSR count). The van der Waals surface area contributed by atoms with Gasteiger partial charge in [-0.15, -0.1) is 0 Å². The summed E-state index contributed by atoms with van der Waals surface area (Å²) in [4.78, 5) is 15.4. The Morgan fingerprint density at radius 2 is 1.96 bits per heavy atom. The second kappa shape index (κ2) is 8.45. The number of aromatic nitrogens is 1. The van der Waals surface area contributed by atoms with Gasteiger partial charge in [-0.2, -0.15) is 0 Å².